The molecule has 2 heteroatoms. The van der Waals surface area contributed by atoms with Crippen molar-refractivity contribution in [3.63, 3.8) is 0 Å². The molecule has 0 bridgehead atoms. The van der Waals surface area contributed by atoms with Crippen molar-refractivity contribution < 1.29 is 0 Å². The Hall–Kier alpha value is -1.09. The van der Waals surface area contributed by atoms with Crippen molar-refractivity contribution in [2.24, 2.45) is 5.92 Å². The van der Waals surface area contributed by atoms with Gasteiger partial charge in [0.25, 0.3) is 0 Å². The van der Waals surface area contributed by atoms with E-state index in [4.69, 9.17) is 4.98 Å². The van der Waals surface area contributed by atoms with E-state index in [-0.39, 0.29) is 0 Å². The molecule has 0 amide bonds. The van der Waals surface area contributed by atoms with E-state index in [0.29, 0.717) is 0 Å². The van der Waals surface area contributed by atoms with Gasteiger partial charge in [0.15, 0.2) is 0 Å². The van der Waals surface area contributed by atoms with Gasteiger partial charge in [0, 0.05) is 0 Å². The Morgan fingerprint density at radius 2 is 1.83 bits per heavy atom. The van der Waals surface area contributed by atoms with Crippen LogP contribution in [0.4, 0.5) is 0 Å². The normalized spacial score (nSPS) is 16.0. The molecule has 1 fully saturated rings. The Balaban J connectivity index is 1.99. The first kappa shape index (κ1) is 16.8. The molecule has 1 aromatic heterocycles. The summed E-state index contributed by atoms with van der Waals surface area (Å²) in [6.45, 7) is 2.15. The molecule has 0 aliphatic heterocycles. The van der Waals surface area contributed by atoms with Gasteiger partial charge in [-0.15, -0.1) is 0 Å². The van der Waals surface area contributed by atoms with E-state index in [1.54, 1.807) is 9.96 Å². The number of benzene rings is 1. The van der Waals surface area contributed by atoms with Crippen LogP contribution < -0.4 is 4.40 Å². The molecule has 1 nitrogen and oxygen atoms in total. The summed E-state index contributed by atoms with van der Waals surface area (Å²) in [5.41, 5.74) is 5.30. The Bertz CT molecular complexity index is 678. The number of aromatic nitrogens is 1. The molecule has 23 heavy (non-hydrogen) atoms. The molecule has 0 unspecified atom stereocenters. The predicted octanol–water partition coefficient (Wildman–Crippen LogP) is 5.33. The van der Waals surface area contributed by atoms with E-state index in [1.807, 2.05) is 0 Å². The van der Waals surface area contributed by atoms with E-state index in [9.17, 15) is 0 Å². The molecule has 0 atom stereocenters. The van der Waals surface area contributed by atoms with Crippen molar-refractivity contribution >= 4 is 17.7 Å². The number of hydrogen-bond donors (Lipinski definition) is 0. The Morgan fingerprint density at radius 1 is 1.09 bits per heavy atom. The second-order valence-corrected chi connectivity index (χ2v) is 18.8. The van der Waals surface area contributed by atoms with Gasteiger partial charge in [-0.05, 0) is 0 Å². The molecule has 3 rings (SSSR count). The van der Waals surface area contributed by atoms with Crippen molar-refractivity contribution in [1.29, 1.82) is 0 Å². The van der Waals surface area contributed by atoms with Crippen molar-refractivity contribution in [2.75, 3.05) is 0 Å². The van der Waals surface area contributed by atoms with Crippen LogP contribution in [-0.4, -0.2) is 18.3 Å². The fourth-order valence-corrected chi connectivity index (χ4v) is 7.16. The molecule has 1 saturated carbocycles. The van der Waals surface area contributed by atoms with Gasteiger partial charge in [0.1, 0.15) is 0 Å². The second kappa shape index (κ2) is 6.80. The number of pyridine rings is 1. The van der Waals surface area contributed by atoms with Crippen LogP contribution in [0.1, 0.15) is 36.8 Å². The van der Waals surface area contributed by atoms with Gasteiger partial charge in [-0.25, -0.2) is 0 Å². The first-order valence-electron chi connectivity index (χ1n) is 9.00. The number of nitrogens with zero attached hydrogens (tertiary/aromatic N) is 1. The second-order valence-electron chi connectivity index (χ2n) is 8.20. The Labute approximate surface area is 143 Å². The summed E-state index contributed by atoms with van der Waals surface area (Å²) in [6, 6.07) is 11.1. The molecular formula is C21H29GeN. The molecule has 122 valence electrons. The average molecular weight is 368 g/mol. The van der Waals surface area contributed by atoms with Crippen LogP contribution in [0.25, 0.3) is 11.3 Å². The first-order valence-corrected chi connectivity index (χ1v) is 16.3. The molecule has 1 aliphatic rings. The number of hydrogen-bond acceptors (Lipinski definition) is 1. The zero-order valence-electron chi connectivity index (χ0n) is 15.0. The summed E-state index contributed by atoms with van der Waals surface area (Å²) < 4.78 is 1.60. The minimum atomic E-state index is -1.87. The van der Waals surface area contributed by atoms with E-state index >= 15 is 0 Å². The summed E-state index contributed by atoms with van der Waals surface area (Å²) in [4.78, 5) is 4.84. The third-order valence-corrected chi connectivity index (χ3v) is 9.43. The van der Waals surface area contributed by atoms with E-state index in [0.717, 1.165) is 11.6 Å². The Morgan fingerprint density at radius 3 is 2.48 bits per heavy atom. The van der Waals surface area contributed by atoms with Crippen LogP contribution >= 0.6 is 0 Å². The quantitative estimate of drug-likeness (QED) is 0.665. The molecule has 2 aromatic rings. The predicted molar refractivity (Wildman–Crippen MR) is 103 cm³/mol. The molecule has 0 N–H and O–H groups in total. The zero-order valence-corrected chi connectivity index (χ0v) is 17.1. The third-order valence-electron chi connectivity index (χ3n) is 5.09. The fraction of sp³-hybridized carbons (Fsp3) is 0.476. The van der Waals surface area contributed by atoms with Crippen LogP contribution in [0.3, 0.4) is 0 Å². The average Bonchev–Trinajstić information content (AvgIpc) is 2.99. The van der Waals surface area contributed by atoms with Crippen molar-refractivity contribution in [3.8, 4) is 11.3 Å². The standard InChI is InChI=1S/C21H29GeN/c1-16-8-7-11-18(12-16)21-14-19(13-17-9-5-6-10-17)20(15-23-21)22(2,3)4/h7-8,11-12,14-15,17H,5-6,9-10,13H2,1-4H3. The number of aryl methyl sites for hydroxylation is 1. The van der Waals surface area contributed by atoms with Gasteiger partial charge in [0.2, 0.25) is 0 Å². The first-order chi connectivity index (χ1) is 10.9. The SMILES string of the molecule is Cc1cccc(-c2cc(CC3CCCC3)[c]([Ge]([CH3])([CH3])[CH3])cn2)c1. The zero-order chi connectivity index (χ0) is 16.4. The maximum absolute atomic E-state index is 4.84. The molecule has 0 saturated heterocycles. The summed E-state index contributed by atoms with van der Waals surface area (Å²) in [5.74, 6) is 8.36. The fourth-order valence-electron chi connectivity index (χ4n) is 3.83. The van der Waals surface area contributed by atoms with Crippen molar-refractivity contribution in [3.05, 3.63) is 47.7 Å². The van der Waals surface area contributed by atoms with E-state index < -0.39 is 13.3 Å². The minimum absolute atomic E-state index is 0.895. The van der Waals surface area contributed by atoms with Gasteiger partial charge in [-0.3, -0.25) is 0 Å². The molecule has 1 aromatic carbocycles. The van der Waals surface area contributed by atoms with Gasteiger partial charge < -0.3 is 0 Å². The maximum atomic E-state index is 4.84. The van der Waals surface area contributed by atoms with Crippen molar-refractivity contribution in [1.82, 2.24) is 4.98 Å². The van der Waals surface area contributed by atoms with Crippen LogP contribution in [0, 0.1) is 12.8 Å². The van der Waals surface area contributed by atoms with Crippen LogP contribution in [0.15, 0.2) is 36.5 Å². The monoisotopic (exact) mass is 369 g/mol. The summed E-state index contributed by atoms with van der Waals surface area (Å²) in [5, 5.41) is 0. The van der Waals surface area contributed by atoms with E-state index in [1.165, 1.54) is 43.2 Å². The van der Waals surface area contributed by atoms with Crippen LogP contribution in [-0.2, 0) is 6.42 Å². The molecule has 0 radical (unpaired) electrons. The van der Waals surface area contributed by atoms with E-state index in [2.05, 4.69) is 60.7 Å². The molecule has 1 heterocycles. The van der Waals surface area contributed by atoms with Gasteiger partial charge >= 0.3 is 144 Å². The topological polar surface area (TPSA) is 12.9 Å². The van der Waals surface area contributed by atoms with Gasteiger partial charge in [-0.1, -0.05) is 0 Å². The Kier molecular flexibility index (Phi) is 4.96. The third kappa shape index (κ3) is 4.06. The summed E-state index contributed by atoms with van der Waals surface area (Å²) in [7, 11) is 0. The summed E-state index contributed by atoms with van der Waals surface area (Å²) in [6.07, 6.45) is 9.15. The van der Waals surface area contributed by atoms with Crippen molar-refractivity contribution in [2.45, 2.75) is 56.3 Å². The summed E-state index contributed by atoms with van der Waals surface area (Å²) >= 11 is -1.87. The van der Waals surface area contributed by atoms with Crippen LogP contribution in [0.2, 0.25) is 17.3 Å². The number of rotatable bonds is 4. The van der Waals surface area contributed by atoms with Gasteiger partial charge in [-0.2, -0.15) is 0 Å². The molecule has 1 aliphatic carbocycles. The van der Waals surface area contributed by atoms with Gasteiger partial charge in [0.05, 0.1) is 0 Å². The van der Waals surface area contributed by atoms with Crippen LogP contribution in [0.5, 0.6) is 0 Å². The molecule has 0 spiro atoms. The molecular weight excluding hydrogens is 339 g/mol.